The highest BCUT2D eigenvalue weighted by atomic mass is 16.5. The van der Waals surface area contributed by atoms with Gasteiger partial charge in [0, 0.05) is 12.8 Å². The van der Waals surface area contributed by atoms with E-state index in [2.05, 4.69) is 0 Å². The van der Waals surface area contributed by atoms with Crippen molar-refractivity contribution in [3.63, 3.8) is 0 Å². The molecule has 76 valence electrons. The molecule has 0 unspecified atom stereocenters. The molecule has 1 aromatic carbocycles. The lowest BCUT2D eigenvalue weighted by atomic mass is 10.1. The van der Waals surface area contributed by atoms with Crippen LogP contribution in [-0.4, -0.2) is 17.7 Å². The zero-order valence-corrected chi connectivity index (χ0v) is 8.19. The van der Waals surface area contributed by atoms with Crippen molar-refractivity contribution in [3.8, 4) is 5.75 Å². The van der Waals surface area contributed by atoms with Gasteiger partial charge in [-0.2, -0.15) is 0 Å². The average Bonchev–Trinajstić information content (AvgIpc) is 2.20. The molecular formula is C11H14O3. The minimum atomic E-state index is -0.208. The Morgan fingerprint density at radius 3 is 2.79 bits per heavy atom. The molecule has 0 radical (unpaired) electrons. The smallest absolute Gasteiger partial charge is 0.305 e. The lowest BCUT2D eigenvalue weighted by Crippen LogP contribution is -2.05. The number of carbonyl (C=O) groups excluding carboxylic acids is 1. The normalized spacial score (nSPS) is 9.79. The Morgan fingerprint density at radius 1 is 1.43 bits per heavy atom. The van der Waals surface area contributed by atoms with E-state index in [9.17, 15) is 9.90 Å². The number of hydrogen-bond donors (Lipinski definition) is 1. The largest absolute Gasteiger partial charge is 0.508 e. The Morgan fingerprint density at radius 2 is 2.14 bits per heavy atom. The van der Waals surface area contributed by atoms with Crippen LogP contribution in [0.3, 0.4) is 0 Å². The standard InChI is InChI=1S/C11H14O3/c1-2-11(13)14-8-7-9-5-3-4-6-10(9)12/h3-6,12H,2,7-8H2,1H3. The van der Waals surface area contributed by atoms with E-state index in [1.807, 2.05) is 12.1 Å². The third-order valence-corrected chi connectivity index (χ3v) is 1.91. The predicted molar refractivity (Wildman–Crippen MR) is 53.1 cm³/mol. The molecule has 0 spiro atoms. The number of rotatable bonds is 4. The minimum Gasteiger partial charge on any atom is -0.508 e. The molecule has 14 heavy (non-hydrogen) atoms. The van der Waals surface area contributed by atoms with Crippen LogP contribution in [0.5, 0.6) is 5.75 Å². The summed E-state index contributed by atoms with van der Waals surface area (Å²) in [4.78, 5) is 10.8. The third kappa shape index (κ3) is 3.09. The summed E-state index contributed by atoms with van der Waals surface area (Å²) < 4.78 is 4.90. The van der Waals surface area contributed by atoms with E-state index in [-0.39, 0.29) is 11.7 Å². The highest BCUT2D eigenvalue weighted by Crippen LogP contribution is 2.15. The molecule has 0 bridgehead atoms. The number of ether oxygens (including phenoxy) is 1. The van der Waals surface area contributed by atoms with Gasteiger partial charge in [0.15, 0.2) is 0 Å². The van der Waals surface area contributed by atoms with Crippen LogP contribution in [0, 0.1) is 0 Å². The number of phenols is 1. The summed E-state index contributed by atoms with van der Waals surface area (Å²) in [5, 5.41) is 9.39. The van der Waals surface area contributed by atoms with Crippen LogP contribution in [0.1, 0.15) is 18.9 Å². The molecule has 0 saturated heterocycles. The van der Waals surface area contributed by atoms with Gasteiger partial charge >= 0.3 is 5.97 Å². The molecule has 1 N–H and O–H groups in total. The summed E-state index contributed by atoms with van der Waals surface area (Å²) >= 11 is 0. The molecule has 0 aliphatic heterocycles. The van der Waals surface area contributed by atoms with Crippen LogP contribution in [-0.2, 0) is 16.0 Å². The summed E-state index contributed by atoms with van der Waals surface area (Å²) in [7, 11) is 0. The predicted octanol–water partition coefficient (Wildman–Crippen LogP) is 1.89. The van der Waals surface area contributed by atoms with E-state index >= 15 is 0 Å². The van der Waals surface area contributed by atoms with Crippen LogP contribution < -0.4 is 0 Å². The molecule has 0 aromatic heterocycles. The van der Waals surface area contributed by atoms with Gasteiger partial charge in [-0.1, -0.05) is 25.1 Å². The van der Waals surface area contributed by atoms with Crippen molar-refractivity contribution in [2.24, 2.45) is 0 Å². The first-order chi connectivity index (χ1) is 6.74. The van der Waals surface area contributed by atoms with E-state index in [4.69, 9.17) is 4.74 Å². The average molecular weight is 194 g/mol. The van der Waals surface area contributed by atoms with Gasteiger partial charge in [-0.3, -0.25) is 4.79 Å². The molecule has 0 heterocycles. The van der Waals surface area contributed by atoms with E-state index in [0.29, 0.717) is 19.4 Å². The second kappa shape index (κ2) is 5.27. The quantitative estimate of drug-likeness (QED) is 0.744. The van der Waals surface area contributed by atoms with Crippen LogP contribution in [0.25, 0.3) is 0 Å². The van der Waals surface area contributed by atoms with Gasteiger partial charge in [-0.15, -0.1) is 0 Å². The lowest BCUT2D eigenvalue weighted by Gasteiger charge is -2.04. The van der Waals surface area contributed by atoms with Crippen LogP contribution in [0.15, 0.2) is 24.3 Å². The van der Waals surface area contributed by atoms with Crippen molar-refractivity contribution in [1.29, 1.82) is 0 Å². The Balaban J connectivity index is 2.39. The van der Waals surface area contributed by atoms with Gasteiger partial charge in [0.1, 0.15) is 5.75 Å². The molecule has 0 atom stereocenters. The molecule has 3 heteroatoms. The van der Waals surface area contributed by atoms with Crippen molar-refractivity contribution < 1.29 is 14.6 Å². The molecule has 0 aliphatic rings. The molecule has 0 saturated carbocycles. The first-order valence-corrected chi connectivity index (χ1v) is 4.66. The molecular weight excluding hydrogens is 180 g/mol. The maximum absolute atomic E-state index is 10.8. The fraction of sp³-hybridized carbons (Fsp3) is 0.364. The summed E-state index contributed by atoms with van der Waals surface area (Å²) in [6.07, 6.45) is 0.944. The van der Waals surface area contributed by atoms with Crippen molar-refractivity contribution >= 4 is 5.97 Å². The Kier molecular flexibility index (Phi) is 3.98. The maximum atomic E-state index is 10.8. The summed E-state index contributed by atoms with van der Waals surface area (Å²) in [6.45, 7) is 2.08. The second-order valence-corrected chi connectivity index (χ2v) is 2.95. The Bertz CT molecular complexity index is 307. The van der Waals surface area contributed by atoms with Crippen molar-refractivity contribution in [2.45, 2.75) is 19.8 Å². The van der Waals surface area contributed by atoms with E-state index in [0.717, 1.165) is 5.56 Å². The van der Waals surface area contributed by atoms with Gasteiger partial charge in [0.05, 0.1) is 6.61 Å². The highest BCUT2D eigenvalue weighted by molar-refractivity contribution is 5.68. The monoisotopic (exact) mass is 194 g/mol. The molecule has 0 aliphatic carbocycles. The Hall–Kier alpha value is -1.51. The van der Waals surface area contributed by atoms with E-state index in [1.165, 1.54) is 0 Å². The van der Waals surface area contributed by atoms with Crippen molar-refractivity contribution in [1.82, 2.24) is 0 Å². The molecule has 1 aromatic rings. The van der Waals surface area contributed by atoms with Gasteiger partial charge < -0.3 is 9.84 Å². The minimum absolute atomic E-state index is 0.208. The van der Waals surface area contributed by atoms with Gasteiger partial charge in [-0.25, -0.2) is 0 Å². The van der Waals surface area contributed by atoms with Crippen LogP contribution in [0.2, 0.25) is 0 Å². The van der Waals surface area contributed by atoms with Crippen LogP contribution >= 0.6 is 0 Å². The van der Waals surface area contributed by atoms with Crippen molar-refractivity contribution in [2.75, 3.05) is 6.61 Å². The van der Waals surface area contributed by atoms with Crippen LogP contribution in [0.4, 0.5) is 0 Å². The number of aromatic hydroxyl groups is 1. The van der Waals surface area contributed by atoms with E-state index < -0.39 is 0 Å². The fourth-order valence-corrected chi connectivity index (χ4v) is 1.10. The zero-order chi connectivity index (χ0) is 10.4. The van der Waals surface area contributed by atoms with Gasteiger partial charge in [-0.05, 0) is 11.6 Å². The number of para-hydroxylation sites is 1. The number of hydrogen-bond acceptors (Lipinski definition) is 3. The SMILES string of the molecule is CCC(=O)OCCc1ccccc1O. The zero-order valence-electron chi connectivity index (χ0n) is 8.19. The second-order valence-electron chi connectivity index (χ2n) is 2.95. The number of esters is 1. The first-order valence-electron chi connectivity index (χ1n) is 4.66. The number of benzene rings is 1. The molecule has 1 rings (SSSR count). The summed E-state index contributed by atoms with van der Waals surface area (Å²) in [5.74, 6) is 0.0421. The molecule has 0 amide bonds. The van der Waals surface area contributed by atoms with E-state index in [1.54, 1.807) is 19.1 Å². The Labute approximate surface area is 83.3 Å². The summed E-state index contributed by atoms with van der Waals surface area (Å²) in [5.41, 5.74) is 0.802. The molecule has 0 fully saturated rings. The van der Waals surface area contributed by atoms with Gasteiger partial charge in [0.2, 0.25) is 0 Å². The summed E-state index contributed by atoms with van der Waals surface area (Å²) in [6, 6.07) is 7.04. The van der Waals surface area contributed by atoms with Gasteiger partial charge in [0.25, 0.3) is 0 Å². The third-order valence-electron chi connectivity index (χ3n) is 1.91. The topological polar surface area (TPSA) is 46.5 Å². The number of phenolic OH excluding ortho intramolecular Hbond substituents is 1. The number of carbonyl (C=O) groups is 1. The van der Waals surface area contributed by atoms with Crippen molar-refractivity contribution in [3.05, 3.63) is 29.8 Å². The lowest BCUT2D eigenvalue weighted by molar-refractivity contribution is -0.143. The maximum Gasteiger partial charge on any atom is 0.305 e. The molecule has 3 nitrogen and oxygen atoms in total. The highest BCUT2D eigenvalue weighted by Gasteiger charge is 2.01. The first kappa shape index (κ1) is 10.6. The fourth-order valence-electron chi connectivity index (χ4n) is 1.10.